The van der Waals surface area contributed by atoms with Gasteiger partial charge < -0.3 is 15.0 Å². The summed E-state index contributed by atoms with van der Waals surface area (Å²) < 4.78 is 6.49. The lowest BCUT2D eigenvalue weighted by Gasteiger charge is -2.30. The van der Waals surface area contributed by atoms with Gasteiger partial charge in [0.2, 0.25) is 11.8 Å². The first-order chi connectivity index (χ1) is 9.06. The number of carbonyl (C=O) groups excluding carboxylic acids is 2. The van der Waals surface area contributed by atoms with Crippen LogP contribution in [0.2, 0.25) is 0 Å². The minimum atomic E-state index is -0.452. The summed E-state index contributed by atoms with van der Waals surface area (Å²) in [6.45, 7) is 2.55. The van der Waals surface area contributed by atoms with Gasteiger partial charge in [0, 0.05) is 4.47 Å². The smallest absolute Gasteiger partial charge is 0.245 e. The molecule has 0 aromatic heterocycles. The highest BCUT2D eigenvalue weighted by Gasteiger charge is 2.28. The number of hydrogen-bond donors (Lipinski definition) is 1. The van der Waals surface area contributed by atoms with Crippen molar-refractivity contribution in [3.63, 3.8) is 0 Å². The van der Waals surface area contributed by atoms with E-state index < -0.39 is 6.04 Å². The van der Waals surface area contributed by atoms with E-state index >= 15 is 0 Å². The Morgan fingerprint density at radius 3 is 3.00 bits per heavy atom. The molecule has 5 nitrogen and oxygen atoms in total. The standard InChI is InChI=1S/C13H15BrN2O3/c1-9-13(18)16(8-12(17)15-9)5-6-19-11-4-2-3-10(14)7-11/h2-4,7,9H,5-6,8H2,1H3,(H,15,17). The molecule has 1 aliphatic heterocycles. The van der Waals surface area contributed by atoms with Gasteiger partial charge in [0.1, 0.15) is 18.4 Å². The van der Waals surface area contributed by atoms with Crippen LogP contribution in [0.5, 0.6) is 5.75 Å². The summed E-state index contributed by atoms with van der Waals surface area (Å²) in [5.74, 6) is 0.531. The van der Waals surface area contributed by atoms with Crippen LogP contribution in [0.1, 0.15) is 6.92 Å². The Morgan fingerprint density at radius 2 is 2.26 bits per heavy atom. The number of amides is 2. The largest absolute Gasteiger partial charge is 0.492 e. The predicted molar refractivity (Wildman–Crippen MR) is 73.8 cm³/mol. The lowest BCUT2D eigenvalue weighted by molar-refractivity contribution is -0.144. The van der Waals surface area contributed by atoms with E-state index in [0.29, 0.717) is 13.2 Å². The first kappa shape index (κ1) is 13.9. The minimum absolute atomic E-state index is 0.0718. The third kappa shape index (κ3) is 3.70. The van der Waals surface area contributed by atoms with Gasteiger partial charge in [-0.15, -0.1) is 0 Å². The summed E-state index contributed by atoms with van der Waals surface area (Å²) in [5.41, 5.74) is 0. The average molecular weight is 327 g/mol. The number of halogens is 1. The second kappa shape index (κ2) is 6.06. The molecular formula is C13H15BrN2O3. The summed E-state index contributed by atoms with van der Waals surface area (Å²) in [5, 5.41) is 2.60. The number of ether oxygens (including phenoxy) is 1. The predicted octanol–water partition coefficient (Wildman–Crippen LogP) is 1.17. The Hall–Kier alpha value is -1.56. The van der Waals surface area contributed by atoms with Crippen molar-refractivity contribution < 1.29 is 14.3 Å². The molecule has 1 aromatic carbocycles. The molecule has 1 heterocycles. The minimum Gasteiger partial charge on any atom is -0.492 e. The molecule has 1 saturated heterocycles. The summed E-state index contributed by atoms with van der Waals surface area (Å²) in [6, 6.07) is 7.03. The van der Waals surface area contributed by atoms with Crippen LogP contribution in [-0.2, 0) is 9.59 Å². The highest BCUT2D eigenvalue weighted by Crippen LogP contribution is 2.17. The molecule has 1 N–H and O–H groups in total. The van der Waals surface area contributed by atoms with Gasteiger partial charge in [0.05, 0.1) is 13.1 Å². The molecule has 6 heteroatoms. The summed E-state index contributed by atoms with van der Waals surface area (Å²) in [6.07, 6.45) is 0. The van der Waals surface area contributed by atoms with E-state index in [0.717, 1.165) is 10.2 Å². The van der Waals surface area contributed by atoms with Crippen LogP contribution in [0.3, 0.4) is 0 Å². The number of hydrogen-bond acceptors (Lipinski definition) is 3. The SMILES string of the molecule is CC1NC(=O)CN(CCOc2cccc(Br)c2)C1=O. The fourth-order valence-corrected chi connectivity index (χ4v) is 2.27. The van der Waals surface area contributed by atoms with Crippen molar-refractivity contribution in [1.29, 1.82) is 0 Å². The van der Waals surface area contributed by atoms with Gasteiger partial charge in [0.15, 0.2) is 0 Å². The topological polar surface area (TPSA) is 58.6 Å². The van der Waals surface area contributed by atoms with Crippen LogP contribution in [0.15, 0.2) is 28.7 Å². The molecule has 0 radical (unpaired) electrons. The Bertz CT molecular complexity index is 493. The van der Waals surface area contributed by atoms with Crippen LogP contribution in [0.4, 0.5) is 0 Å². The number of piperazine rings is 1. The Morgan fingerprint density at radius 1 is 1.47 bits per heavy atom. The van der Waals surface area contributed by atoms with Gasteiger partial charge in [-0.05, 0) is 25.1 Å². The van der Waals surface area contributed by atoms with E-state index in [-0.39, 0.29) is 18.4 Å². The van der Waals surface area contributed by atoms with E-state index in [4.69, 9.17) is 4.74 Å². The van der Waals surface area contributed by atoms with E-state index in [2.05, 4.69) is 21.2 Å². The Balaban J connectivity index is 1.85. The number of carbonyl (C=O) groups is 2. The Labute approximate surface area is 120 Å². The molecule has 102 valence electrons. The molecule has 0 aliphatic carbocycles. The van der Waals surface area contributed by atoms with Crippen molar-refractivity contribution in [2.75, 3.05) is 19.7 Å². The van der Waals surface area contributed by atoms with Crippen molar-refractivity contribution in [2.45, 2.75) is 13.0 Å². The molecule has 1 fully saturated rings. The maximum absolute atomic E-state index is 11.8. The molecule has 0 saturated carbocycles. The molecular weight excluding hydrogens is 312 g/mol. The zero-order valence-corrected chi connectivity index (χ0v) is 12.1. The van der Waals surface area contributed by atoms with Crippen LogP contribution < -0.4 is 10.1 Å². The average Bonchev–Trinajstić information content (AvgIpc) is 2.35. The number of benzene rings is 1. The maximum atomic E-state index is 11.8. The summed E-state index contributed by atoms with van der Waals surface area (Å²) in [4.78, 5) is 24.7. The molecule has 19 heavy (non-hydrogen) atoms. The molecule has 1 unspecified atom stereocenters. The monoisotopic (exact) mass is 326 g/mol. The van der Waals surface area contributed by atoms with E-state index in [1.165, 1.54) is 4.90 Å². The van der Waals surface area contributed by atoms with E-state index in [1.54, 1.807) is 6.92 Å². The fraction of sp³-hybridized carbons (Fsp3) is 0.385. The second-order valence-electron chi connectivity index (χ2n) is 4.35. The van der Waals surface area contributed by atoms with Crippen LogP contribution in [-0.4, -0.2) is 42.5 Å². The second-order valence-corrected chi connectivity index (χ2v) is 5.27. The number of nitrogens with one attached hydrogen (secondary N) is 1. The van der Waals surface area contributed by atoms with Crippen LogP contribution >= 0.6 is 15.9 Å². The molecule has 0 spiro atoms. The van der Waals surface area contributed by atoms with Crippen LogP contribution in [0, 0.1) is 0 Å². The molecule has 2 amide bonds. The van der Waals surface area contributed by atoms with Crippen molar-refractivity contribution >= 4 is 27.7 Å². The van der Waals surface area contributed by atoms with Gasteiger partial charge in [-0.3, -0.25) is 9.59 Å². The molecule has 1 aromatic rings. The zero-order valence-electron chi connectivity index (χ0n) is 10.6. The molecule has 1 aliphatic rings. The van der Waals surface area contributed by atoms with Gasteiger partial charge in [-0.25, -0.2) is 0 Å². The molecule has 2 rings (SSSR count). The maximum Gasteiger partial charge on any atom is 0.245 e. The lowest BCUT2D eigenvalue weighted by atomic mass is 10.2. The van der Waals surface area contributed by atoms with Crippen molar-refractivity contribution in [1.82, 2.24) is 10.2 Å². The fourth-order valence-electron chi connectivity index (χ4n) is 1.89. The Kier molecular flexibility index (Phi) is 4.42. The molecule has 0 bridgehead atoms. The van der Waals surface area contributed by atoms with Crippen LogP contribution in [0.25, 0.3) is 0 Å². The third-order valence-corrected chi connectivity index (χ3v) is 3.31. The first-order valence-electron chi connectivity index (χ1n) is 6.03. The zero-order chi connectivity index (χ0) is 13.8. The van der Waals surface area contributed by atoms with E-state index in [9.17, 15) is 9.59 Å². The van der Waals surface area contributed by atoms with Gasteiger partial charge in [0.25, 0.3) is 0 Å². The van der Waals surface area contributed by atoms with Gasteiger partial charge in [-0.2, -0.15) is 0 Å². The van der Waals surface area contributed by atoms with Gasteiger partial charge in [-0.1, -0.05) is 22.0 Å². The van der Waals surface area contributed by atoms with E-state index in [1.807, 2.05) is 24.3 Å². The first-order valence-corrected chi connectivity index (χ1v) is 6.82. The van der Waals surface area contributed by atoms with Crippen molar-refractivity contribution in [3.8, 4) is 5.75 Å². The number of nitrogens with zero attached hydrogens (tertiary/aromatic N) is 1. The number of rotatable bonds is 4. The normalized spacial score (nSPS) is 19.3. The highest BCUT2D eigenvalue weighted by atomic mass is 79.9. The molecule has 1 atom stereocenters. The highest BCUT2D eigenvalue weighted by molar-refractivity contribution is 9.10. The lowest BCUT2D eigenvalue weighted by Crippen LogP contribution is -2.57. The quantitative estimate of drug-likeness (QED) is 0.903. The third-order valence-electron chi connectivity index (χ3n) is 2.82. The summed E-state index contributed by atoms with van der Waals surface area (Å²) >= 11 is 3.36. The van der Waals surface area contributed by atoms with Gasteiger partial charge >= 0.3 is 0 Å². The summed E-state index contributed by atoms with van der Waals surface area (Å²) in [7, 11) is 0. The van der Waals surface area contributed by atoms with Crippen molar-refractivity contribution in [3.05, 3.63) is 28.7 Å². The van der Waals surface area contributed by atoms with Crippen molar-refractivity contribution in [2.24, 2.45) is 0 Å².